The van der Waals surface area contributed by atoms with E-state index in [1.165, 1.54) is 17.9 Å². The molecule has 2 amide bonds. The first-order chi connectivity index (χ1) is 15.3. The average molecular weight is 443 g/mol. The molecule has 32 heavy (non-hydrogen) atoms. The van der Waals surface area contributed by atoms with Crippen molar-refractivity contribution in [1.82, 2.24) is 5.32 Å². The number of rotatable bonds is 7. The van der Waals surface area contributed by atoms with Crippen molar-refractivity contribution >= 4 is 29.5 Å². The van der Waals surface area contributed by atoms with E-state index in [0.29, 0.717) is 22.4 Å². The highest BCUT2D eigenvalue weighted by molar-refractivity contribution is 5.98. The summed E-state index contributed by atoms with van der Waals surface area (Å²) in [5, 5.41) is 6.08. The maximum absolute atomic E-state index is 14.8. The Bertz CT molecular complexity index is 1060. The molecule has 1 fully saturated rings. The largest absolute Gasteiger partial charge is 0.442 e. The van der Waals surface area contributed by atoms with E-state index in [9.17, 15) is 18.8 Å². The number of amidine groups is 1. The van der Waals surface area contributed by atoms with E-state index in [1.54, 1.807) is 36.4 Å². The Kier molecular flexibility index (Phi) is 7.00. The van der Waals surface area contributed by atoms with Gasteiger partial charge in [-0.1, -0.05) is 29.4 Å². The Morgan fingerprint density at radius 2 is 2.00 bits per heavy atom. The molecule has 0 unspecified atom stereocenters. The summed E-state index contributed by atoms with van der Waals surface area (Å²) in [5.74, 6) is -1.53. The van der Waals surface area contributed by atoms with Crippen LogP contribution in [0.3, 0.4) is 0 Å². The number of oxime groups is 1. The minimum atomic E-state index is -0.727. The van der Waals surface area contributed by atoms with E-state index in [2.05, 4.69) is 15.3 Å². The molecule has 11 heteroatoms. The van der Waals surface area contributed by atoms with E-state index in [4.69, 9.17) is 16.2 Å². The third kappa shape index (κ3) is 5.38. The van der Waals surface area contributed by atoms with Gasteiger partial charge in [-0.25, -0.2) is 14.0 Å². The van der Waals surface area contributed by atoms with E-state index >= 15 is 0 Å². The van der Waals surface area contributed by atoms with Crippen LogP contribution in [0.1, 0.15) is 12.5 Å². The fraction of sp³-hybridized carbons (Fsp3) is 0.238. The van der Waals surface area contributed by atoms with E-state index in [-0.39, 0.29) is 31.4 Å². The molecule has 0 saturated carbocycles. The van der Waals surface area contributed by atoms with Crippen molar-refractivity contribution in [3.8, 4) is 11.1 Å². The molecule has 1 aliphatic heterocycles. The highest BCUT2D eigenvalue weighted by atomic mass is 19.1. The summed E-state index contributed by atoms with van der Waals surface area (Å²) >= 11 is 0. The first-order valence-corrected chi connectivity index (χ1v) is 9.64. The number of nitrogens with two attached hydrogens (primary N) is 2. The van der Waals surface area contributed by atoms with Crippen LogP contribution in [0.2, 0.25) is 0 Å². The molecule has 0 spiro atoms. The average Bonchev–Trinajstić information content (AvgIpc) is 3.16. The molecule has 1 saturated heterocycles. The van der Waals surface area contributed by atoms with Gasteiger partial charge >= 0.3 is 12.1 Å². The number of hydrogen-bond donors (Lipinski definition) is 3. The maximum atomic E-state index is 14.8. The number of carbonyl (C=O) groups excluding carboxylic acids is 3. The molecular formula is C21H22FN5O5. The van der Waals surface area contributed by atoms with Crippen LogP contribution in [-0.2, 0) is 19.2 Å². The number of halogens is 1. The summed E-state index contributed by atoms with van der Waals surface area (Å²) in [6.07, 6.45) is -1.13. The second-order valence-corrected chi connectivity index (χ2v) is 6.94. The van der Waals surface area contributed by atoms with Crippen LogP contribution in [0.15, 0.2) is 47.6 Å². The molecule has 1 aliphatic rings. The quantitative estimate of drug-likeness (QED) is 0.251. The monoisotopic (exact) mass is 443 g/mol. The predicted molar refractivity (Wildman–Crippen MR) is 114 cm³/mol. The minimum Gasteiger partial charge on any atom is -0.442 e. The molecular weight excluding hydrogens is 421 g/mol. The van der Waals surface area contributed by atoms with Crippen molar-refractivity contribution < 1.29 is 28.3 Å². The maximum Gasteiger partial charge on any atom is 0.414 e. The Morgan fingerprint density at radius 3 is 2.62 bits per heavy atom. The smallest absolute Gasteiger partial charge is 0.414 e. The lowest BCUT2D eigenvalue weighted by Crippen LogP contribution is -2.33. The van der Waals surface area contributed by atoms with Crippen LogP contribution in [0.5, 0.6) is 0 Å². The van der Waals surface area contributed by atoms with Gasteiger partial charge in [-0.3, -0.25) is 9.69 Å². The Hall–Kier alpha value is -3.99. The Balaban J connectivity index is 1.72. The van der Waals surface area contributed by atoms with Gasteiger partial charge in [0, 0.05) is 18.1 Å². The van der Waals surface area contributed by atoms with Crippen LogP contribution in [-0.4, -0.2) is 49.5 Å². The van der Waals surface area contributed by atoms with Gasteiger partial charge in [0.25, 0.3) is 0 Å². The molecule has 5 N–H and O–H groups in total. The van der Waals surface area contributed by atoms with Gasteiger partial charge in [-0.2, -0.15) is 0 Å². The minimum absolute atomic E-state index is 0.0319. The van der Waals surface area contributed by atoms with E-state index in [0.717, 1.165) is 0 Å². The number of carbonyl (C=O) groups is 3. The number of ether oxygens (including phenoxy) is 1. The number of benzene rings is 2. The summed E-state index contributed by atoms with van der Waals surface area (Å²) < 4.78 is 20.0. The van der Waals surface area contributed by atoms with Crippen molar-refractivity contribution in [3.05, 3.63) is 53.8 Å². The molecule has 1 heterocycles. The van der Waals surface area contributed by atoms with Crippen molar-refractivity contribution in [2.75, 3.05) is 24.5 Å². The molecule has 1 atom stereocenters. The lowest BCUT2D eigenvalue weighted by atomic mass is 10.0. The third-order valence-electron chi connectivity index (χ3n) is 4.62. The van der Waals surface area contributed by atoms with Gasteiger partial charge in [0.1, 0.15) is 11.9 Å². The molecule has 168 valence electrons. The molecule has 2 aromatic rings. The van der Waals surface area contributed by atoms with E-state index in [1.807, 2.05) is 0 Å². The molecule has 0 radical (unpaired) electrons. The fourth-order valence-corrected chi connectivity index (χ4v) is 3.01. The lowest BCUT2D eigenvalue weighted by molar-refractivity contribution is -0.141. The van der Waals surface area contributed by atoms with Gasteiger partial charge in [0.15, 0.2) is 5.84 Å². The van der Waals surface area contributed by atoms with Crippen molar-refractivity contribution in [2.24, 2.45) is 16.6 Å². The molecule has 0 aromatic heterocycles. The zero-order valence-electron chi connectivity index (χ0n) is 17.2. The summed E-state index contributed by atoms with van der Waals surface area (Å²) in [4.78, 5) is 40.0. The Morgan fingerprint density at radius 1 is 1.28 bits per heavy atom. The zero-order valence-corrected chi connectivity index (χ0v) is 17.2. The zero-order chi connectivity index (χ0) is 23.3. The number of cyclic esters (lactones) is 1. The van der Waals surface area contributed by atoms with Crippen LogP contribution in [0.25, 0.3) is 11.1 Å². The fourth-order valence-electron chi connectivity index (χ4n) is 3.01. The van der Waals surface area contributed by atoms with Crippen molar-refractivity contribution in [2.45, 2.75) is 13.0 Å². The highest BCUT2D eigenvalue weighted by Crippen LogP contribution is 2.29. The van der Waals surface area contributed by atoms with Gasteiger partial charge in [-0.15, -0.1) is 0 Å². The predicted octanol–water partition coefficient (Wildman–Crippen LogP) is 1.08. The standard InChI is InChI=1S/C21H22FN5O5/c1-12(28)25-10-16-11-27(21(30)31-16)15-6-7-17(18(22)8-15)13-2-4-14(5-3-13)20(24)26-32-19(29)9-23/h2-8,16H,9-11,23H2,1H3,(H2,24,26)(H,25,28)/t16-/m0/s1. The van der Waals surface area contributed by atoms with Crippen LogP contribution >= 0.6 is 0 Å². The second-order valence-electron chi connectivity index (χ2n) is 6.94. The molecule has 0 bridgehead atoms. The van der Waals surface area contributed by atoms with Gasteiger partial charge < -0.3 is 26.4 Å². The number of hydrogen-bond acceptors (Lipinski definition) is 7. The number of anilines is 1. The van der Waals surface area contributed by atoms with Crippen molar-refractivity contribution in [3.63, 3.8) is 0 Å². The summed E-state index contributed by atoms with van der Waals surface area (Å²) in [7, 11) is 0. The highest BCUT2D eigenvalue weighted by Gasteiger charge is 2.32. The molecule has 2 aromatic carbocycles. The molecule has 3 rings (SSSR count). The number of nitrogens with one attached hydrogen (secondary N) is 1. The normalized spacial score (nSPS) is 16.0. The first kappa shape index (κ1) is 22.7. The van der Waals surface area contributed by atoms with Gasteiger partial charge in [0.05, 0.1) is 25.3 Å². The summed E-state index contributed by atoms with van der Waals surface area (Å²) in [6.45, 7) is 1.42. The molecule has 10 nitrogen and oxygen atoms in total. The Labute approximate surface area is 182 Å². The topological polar surface area (TPSA) is 149 Å². The van der Waals surface area contributed by atoms with Crippen LogP contribution in [0.4, 0.5) is 14.9 Å². The summed E-state index contributed by atoms with van der Waals surface area (Å²) in [6, 6.07) is 10.9. The summed E-state index contributed by atoms with van der Waals surface area (Å²) in [5.41, 5.74) is 12.6. The number of nitrogens with zero attached hydrogens (tertiary/aromatic N) is 2. The lowest BCUT2D eigenvalue weighted by Gasteiger charge is -2.14. The second kappa shape index (κ2) is 9.88. The SMILES string of the molecule is CC(=O)NC[C@H]1CN(c2ccc(-c3ccc(/C(N)=N/OC(=O)CN)cc3)c(F)c2)C(=O)O1. The third-order valence-corrected chi connectivity index (χ3v) is 4.62. The van der Waals surface area contributed by atoms with Crippen molar-refractivity contribution in [1.29, 1.82) is 0 Å². The van der Waals surface area contributed by atoms with Crippen LogP contribution < -0.4 is 21.7 Å². The van der Waals surface area contributed by atoms with Gasteiger partial charge in [-0.05, 0) is 23.8 Å². The number of amides is 2. The first-order valence-electron chi connectivity index (χ1n) is 9.64. The van der Waals surface area contributed by atoms with Crippen LogP contribution in [0, 0.1) is 5.82 Å². The molecule has 0 aliphatic carbocycles. The van der Waals surface area contributed by atoms with Gasteiger partial charge in [0.2, 0.25) is 5.91 Å². The van der Waals surface area contributed by atoms with E-state index < -0.39 is 24.0 Å².